The minimum absolute atomic E-state index is 0.757. The van der Waals surface area contributed by atoms with E-state index in [-0.39, 0.29) is 0 Å². The minimum atomic E-state index is 0.757. The van der Waals surface area contributed by atoms with Gasteiger partial charge in [0.05, 0.1) is 0 Å². The molecule has 0 aliphatic rings. The third-order valence-corrected chi connectivity index (χ3v) is 2.90. The van der Waals surface area contributed by atoms with Gasteiger partial charge in [0.25, 0.3) is 0 Å². The number of rotatable bonds is 1. The highest BCUT2D eigenvalue weighted by Crippen LogP contribution is 2.26. The summed E-state index contributed by atoms with van der Waals surface area (Å²) in [5.41, 5.74) is 0. The SMILES string of the molecule is CSc1cncc2cc(Cl)ccc12. The number of pyridine rings is 1. The van der Waals surface area contributed by atoms with Crippen LogP contribution in [0.1, 0.15) is 0 Å². The molecule has 0 atom stereocenters. The first-order valence-corrected chi connectivity index (χ1v) is 5.49. The first-order chi connectivity index (χ1) is 6.31. The van der Waals surface area contributed by atoms with Crippen LogP contribution in [0.3, 0.4) is 0 Å². The van der Waals surface area contributed by atoms with E-state index in [1.807, 2.05) is 36.8 Å². The van der Waals surface area contributed by atoms with Gasteiger partial charge in [0.15, 0.2) is 0 Å². The van der Waals surface area contributed by atoms with E-state index in [0.717, 1.165) is 10.4 Å². The maximum Gasteiger partial charge on any atom is 0.0412 e. The monoisotopic (exact) mass is 209 g/mol. The molecule has 0 bridgehead atoms. The molecule has 0 unspecified atom stereocenters. The minimum Gasteiger partial charge on any atom is -0.263 e. The van der Waals surface area contributed by atoms with Crippen LogP contribution in [0.25, 0.3) is 10.8 Å². The smallest absolute Gasteiger partial charge is 0.0412 e. The van der Waals surface area contributed by atoms with Crippen LogP contribution in [0.5, 0.6) is 0 Å². The molecule has 1 aromatic carbocycles. The van der Waals surface area contributed by atoms with Crippen LogP contribution in [-0.2, 0) is 0 Å². The van der Waals surface area contributed by atoms with Crippen molar-refractivity contribution < 1.29 is 0 Å². The van der Waals surface area contributed by atoms with Crippen molar-refractivity contribution in [1.29, 1.82) is 0 Å². The predicted molar refractivity (Wildman–Crippen MR) is 58.5 cm³/mol. The Labute approximate surface area is 86.1 Å². The number of hydrogen-bond acceptors (Lipinski definition) is 2. The van der Waals surface area contributed by atoms with E-state index < -0.39 is 0 Å². The normalized spacial score (nSPS) is 10.6. The third-order valence-electron chi connectivity index (χ3n) is 1.90. The Morgan fingerprint density at radius 3 is 2.92 bits per heavy atom. The lowest BCUT2D eigenvalue weighted by atomic mass is 10.2. The number of benzene rings is 1. The summed E-state index contributed by atoms with van der Waals surface area (Å²) in [5, 5.41) is 3.07. The molecule has 1 aromatic heterocycles. The fourth-order valence-electron chi connectivity index (χ4n) is 1.28. The summed E-state index contributed by atoms with van der Waals surface area (Å²) in [7, 11) is 0. The summed E-state index contributed by atoms with van der Waals surface area (Å²) >= 11 is 7.58. The van der Waals surface area contributed by atoms with Gasteiger partial charge < -0.3 is 0 Å². The van der Waals surface area contributed by atoms with Crippen LogP contribution in [0.4, 0.5) is 0 Å². The Hall–Kier alpha value is -0.730. The van der Waals surface area contributed by atoms with Gasteiger partial charge in [-0.25, -0.2) is 0 Å². The van der Waals surface area contributed by atoms with E-state index in [4.69, 9.17) is 11.6 Å². The highest BCUT2D eigenvalue weighted by Gasteiger charge is 1.99. The first-order valence-electron chi connectivity index (χ1n) is 3.88. The van der Waals surface area contributed by atoms with Crippen molar-refractivity contribution in [2.24, 2.45) is 0 Å². The molecule has 1 nitrogen and oxygen atoms in total. The molecule has 0 amide bonds. The number of nitrogens with zero attached hydrogens (tertiary/aromatic N) is 1. The van der Waals surface area contributed by atoms with Crippen LogP contribution in [0.2, 0.25) is 5.02 Å². The molecule has 2 rings (SSSR count). The molecule has 1 heterocycles. The predicted octanol–water partition coefficient (Wildman–Crippen LogP) is 3.61. The van der Waals surface area contributed by atoms with Crippen LogP contribution in [-0.4, -0.2) is 11.2 Å². The van der Waals surface area contributed by atoms with Gasteiger partial charge in [-0.3, -0.25) is 4.98 Å². The average Bonchev–Trinajstić information content (AvgIpc) is 2.16. The lowest BCUT2D eigenvalue weighted by Gasteiger charge is -2.02. The summed E-state index contributed by atoms with van der Waals surface area (Å²) in [6, 6.07) is 5.87. The lowest BCUT2D eigenvalue weighted by Crippen LogP contribution is -1.79. The Balaban J connectivity index is 2.77. The Kier molecular flexibility index (Phi) is 2.42. The van der Waals surface area contributed by atoms with Crippen molar-refractivity contribution in [2.45, 2.75) is 4.90 Å². The van der Waals surface area contributed by atoms with Crippen LogP contribution in [0, 0.1) is 0 Å². The molecule has 66 valence electrons. The largest absolute Gasteiger partial charge is 0.263 e. The van der Waals surface area contributed by atoms with Crippen LogP contribution >= 0.6 is 23.4 Å². The standard InChI is InChI=1S/C10H8ClNS/c1-13-10-6-12-5-7-4-8(11)2-3-9(7)10/h2-6H,1H3. The summed E-state index contributed by atoms with van der Waals surface area (Å²) < 4.78 is 0. The summed E-state index contributed by atoms with van der Waals surface area (Å²) in [5.74, 6) is 0. The Morgan fingerprint density at radius 1 is 1.31 bits per heavy atom. The van der Waals surface area contributed by atoms with Crippen molar-refractivity contribution in [1.82, 2.24) is 4.98 Å². The van der Waals surface area contributed by atoms with Gasteiger partial charge in [0.2, 0.25) is 0 Å². The topological polar surface area (TPSA) is 12.9 Å². The molecular weight excluding hydrogens is 202 g/mol. The fourth-order valence-corrected chi connectivity index (χ4v) is 2.03. The van der Waals surface area contributed by atoms with Crippen molar-refractivity contribution >= 4 is 34.1 Å². The zero-order chi connectivity index (χ0) is 9.26. The van der Waals surface area contributed by atoms with Gasteiger partial charge in [-0.15, -0.1) is 11.8 Å². The van der Waals surface area contributed by atoms with Crippen molar-refractivity contribution in [3.63, 3.8) is 0 Å². The van der Waals surface area contributed by atoms with E-state index in [9.17, 15) is 0 Å². The molecule has 0 fully saturated rings. The highest BCUT2D eigenvalue weighted by molar-refractivity contribution is 7.98. The van der Waals surface area contributed by atoms with E-state index >= 15 is 0 Å². The maximum atomic E-state index is 5.88. The lowest BCUT2D eigenvalue weighted by molar-refractivity contribution is 1.29. The van der Waals surface area contributed by atoms with E-state index in [0.29, 0.717) is 0 Å². The van der Waals surface area contributed by atoms with E-state index in [1.54, 1.807) is 11.8 Å². The number of thioether (sulfide) groups is 1. The second kappa shape index (κ2) is 3.56. The molecule has 0 N–H and O–H groups in total. The molecule has 13 heavy (non-hydrogen) atoms. The number of hydrogen-bond donors (Lipinski definition) is 0. The summed E-state index contributed by atoms with van der Waals surface area (Å²) in [4.78, 5) is 5.33. The molecule has 0 saturated heterocycles. The van der Waals surface area contributed by atoms with Gasteiger partial charge in [-0.05, 0) is 23.8 Å². The van der Waals surface area contributed by atoms with Crippen LogP contribution in [0.15, 0.2) is 35.5 Å². The second-order valence-electron chi connectivity index (χ2n) is 2.71. The molecule has 0 saturated carbocycles. The van der Waals surface area contributed by atoms with Gasteiger partial charge in [-0.2, -0.15) is 0 Å². The molecule has 0 radical (unpaired) electrons. The fraction of sp³-hybridized carbons (Fsp3) is 0.100. The quantitative estimate of drug-likeness (QED) is 0.666. The number of halogens is 1. The van der Waals surface area contributed by atoms with Crippen LogP contribution < -0.4 is 0 Å². The van der Waals surface area contributed by atoms with Gasteiger partial charge in [-0.1, -0.05) is 17.7 Å². The highest BCUT2D eigenvalue weighted by atomic mass is 35.5. The van der Waals surface area contributed by atoms with Gasteiger partial charge in [0, 0.05) is 27.7 Å². The molecule has 0 aliphatic heterocycles. The molecule has 0 spiro atoms. The zero-order valence-corrected chi connectivity index (χ0v) is 8.69. The Bertz CT molecular complexity index is 442. The summed E-state index contributed by atoms with van der Waals surface area (Å²) in [6.45, 7) is 0. The third kappa shape index (κ3) is 1.64. The van der Waals surface area contributed by atoms with E-state index in [2.05, 4.69) is 4.98 Å². The zero-order valence-electron chi connectivity index (χ0n) is 7.12. The van der Waals surface area contributed by atoms with Gasteiger partial charge in [0.1, 0.15) is 0 Å². The summed E-state index contributed by atoms with van der Waals surface area (Å²) in [6.07, 6.45) is 5.76. The average molecular weight is 210 g/mol. The van der Waals surface area contributed by atoms with Gasteiger partial charge >= 0.3 is 0 Å². The van der Waals surface area contributed by atoms with Crippen molar-refractivity contribution in [2.75, 3.05) is 6.26 Å². The number of aromatic nitrogens is 1. The van der Waals surface area contributed by atoms with Crippen molar-refractivity contribution in [3.05, 3.63) is 35.6 Å². The molecule has 3 heteroatoms. The first kappa shape index (κ1) is 8.85. The number of fused-ring (bicyclic) bond motifs is 1. The molecule has 0 aliphatic carbocycles. The molecule has 2 aromatic rings. The van der Waals surface area contributed by atoms with Crippen molar-refractivity contribution in [3.8, 4) is 0 Å². The maximum absolute atomic E-state index is 5.88. The second-order valence-corrected chi connectivity index (χ2v) is 3.99. The Morgan fingerprint density at radius 2 is 2.15 bits per heavy atom. The molecular formula is C10H8ClNS. The van der Waals surface area contributed by atoms with E-state index in [1.165, 1.54) is 10.3 Å².